The van der Waals surface area contributed by atoms with Gasteiger partial charge in [-0.15, -0.1) is 0 Å². The Balaban J connectivity index is 5.91. The van der Waals surface area contributed by atoms with E-state index in [9.17, 15) is 33.9 Å². The number of carboxylic acid groups (broad SMARTS) is 1. The summed E-state index contributed by atoms with van der Waals surface area (Å²) in [6.07, 6.45) is 1.73. The van der Waals surface area contributed by atoms with Crippen LogP contribution in [0.2, 0.25) is 0 Å². The van der Waals surface area contributed by atoms with Crippen LogP contribution in [0.3, 0.4) is 0 Å². The Bertz CT molecular complexity index is 1110. The van der Waals surface area contributed by atoms with Crippen LogP contribution in [0.4, 0.5) is 0 Å². The van der Waals surface area contributed by atoms with Gasteiger partial charge in [0.25, 0.3) is 0 Å². The van der Waals surface area contributed by atoms with E-state index in [1.807, 2.05) is 0 Å². The summed E-state index contributed by atoms with van der Waals surface area (Å²) in [6, 6.07) is -6.99. The summed E-state index contributed by atoms with van der Waals surface area (Å²) in [5.41, 5.74) is 27.1. The van der Waals surface area contributed by atoms with Crippen molar-refractivity contribution in [3.05, 3.63) is 0 Å². The summed E-state index contributed by atoms with van der Waals surface area (Å²) in [5, 5.41) is 32.3. The molecule has 0 heterocycles. The first-order chi connectivity index (χ1) is 22.9. The standard InChI is InChI=1S/C29H58N12O7S/c1-29(2,3)21(27(47)48)41-25(45)18(8-6-14-36-28(34)35)38-24(44)19(10-13-32)39-26(46)20(15-49)40-23(43)17(7-4-5-11-30)37-22(42)16(33)9-12-31/h16-21,49H,4-15,30-33H2,1-3H3,(H,37,42)(H,38,44)(H,39,46)(H,40,43)(H,41,45)(H,47,48)(H4,34,35,36)/t16-,17-,18-,19-,20-,21+/m0/s1. The molecule has 0 fully saturated rings. The third kappa shape index (κ3) is 18.0. The van der Waals surface area contributed by atoms with E-state index < -0.39 is 77.2 Å². The fourth-order valence-corrected chi connectivity index (χ4v) is 4.74. The predicted molar refractivity (Wildman–Crippen MR) is 188 cm³/mol. The maximum Gasteiger partial charge on any atom is 0.326 e. The highest BCUT2D eigenvalue weighted by molar-refractivity contribution is 7.80. The van der Waals surface area contributed by atoms with Gasteiger partial charge in [0.1, 0.15) is 30.2 Å². The minimum absolute atomic E-state index is 0.0269. The monoisotopic (exact) mass is 718 g/mol. The maximum atomic E-state index is 13.4. The molecule has 0 aromatic rings. The number of carbonyl (C=O) groups is 6. The van der Waals surface area contributed by atoms with E-state index in [0.29, 0.717) is 19.4 Å². The molecule has 0 aromatic carbocycles. The Labute approximate surface area is 293 Å². The van der Waals surface area contributed by atoms with Crippen LogP contribution in [0.15, 0.2) is 0 Å². The van der Waals surface area contributed by atoms with Gasteiger partial charge in [-0.25, -0.2) is 4.79 Å². The molecular weight excluding hydrogens is 660 g/mol. The number of carboxylic acids is 1. The number of rotatable bonds is 24. The number of carbonyl (C=O) groups excluding carboxylic acids is 5. The molecule has 0 bridgehead atoms. The third-order valence-electron chi connectivity index (χ3n) is 7.32. The van der Waals surface area contributed by atoms with Gasteiger partial charge < -0.3 is 65.7 Å². The number of aliphatic carboxylic acids is 1. The molecule has 0 aliphatic carbocycles. The molecule has 19 nitrogen and oxygen atoms in total. The molecule has 0 radical (unpaired) electrons. The van der Waals surface area contributed by atoms with Gasteiger partial charge in [-0.1, -0.05) is 20.8 Å². The zero-order valence-electron chi connectivity index (χ0n) is 28.7. The van der Waals surface area contributed by atoms with Crippen LogP contribution in [-0.4, -0.2) is 115 Å². The van der Waals surface area contributed by atoms with Crippen LogP contribution < -0.4 is 60.6 Å². The van der Waals surface area contributed by atoms with Crippen LogP contribution in [0.5, 0.6) is 0 Å². The lowest BCUT2D eigenvalue weighted by molar-refractivity contribution is -0.145. The maximum absolute atomic E-state index is 13.4. The molecule has 49 heavy (non-hydrogen) atoms. The van der Waals surface area contributed by atoms with Crippen LogP contribution in [0.25, 0.3) is 0 Å². The summed E-state index contributed by atoms with van der Waals surface area (Å²) in [5.74, 6) is -5.34. The molecule has 18 N–H and O–H groups in total. The second-order valence-electron chi connectivity index (χ2n) is 12.6. The van der Waals surface area contributed by atoms with E-state index in [4.69, 9.17) is 34.1 Å². The number of guanidine groups is 1. The van der Waals surface area contributed by atoms with Crippen LogP contribution in [0.1, 0.15) is 65.7 Å². The van der Waals surface area contributed by atoms with Gasteiger partial charge in [0.2, 0.25) is 29.5 Å². The van der Waals surface area contributed by atoms with Crippen molar-refractivity contribution >= 4 is 54.1 Å². The average Bonchev–Trinajstić information content (AvgIpc) is 3.01. The van der Waals surface area contributed by atoms with Crippen LogP contribution in [-0.2, 0) is 28.8 Å². The lowest BCUT2D eigenvalue weighted by atomic mass is 9.86. The van der Waals surface area contributed by atoms with Crippen molar-refractivity contribution in [1.82, 2.24) is 31.9 Å². The van der Waals surface area contributed by atoms with Crippen molar-refractivity contribution in [3.8, 4) is 0 Å². The molecule has 0 rings (SSSR count). The van der Waals surface area contributed by atoms with Gasteiger partial charge in [0.15, 0.2) is 5.96 Å². The first-order valence-electron chi connectivity index (χ1n) is 16.2. The number of hydrogen-bond donors (Lipinski definition) is 14. The van der Waals surface area contributed by atoms with Crippen LogP contribution in [0, 0.1) is 10.8 Å². The number of unbranched alkanes of at least 4 members (excludes halogenated alkanes) is 1. The van der Waals surface area contributed by atoms with Gasteiger partial charge in [0, 0.05) is 12.3 Å². The highest BCUT2D eigenvalue weighted by Crippen LogP contribution is 2.20. The minimum Gasteiger partial charge on any atom is -0.480 e. The quantitative estimate of drug-likeness (QED) is 0.0195. The molecule has 0 spiro atoms. The van der Waals surface area contributed by atoms with Gasteiger partial charge in [-0.05, 0) is 70.0 Å². The Hall–Kier alpha value is -3.72. The fraction of sp³-hybridized carbons (Fsp3) is 0.759. The van der Waals surface area contributed by atoms with Gasteiger partial charge in [-0.3, -0.25) is 29.4 Å². The summed E-state index contributed by atoms with van der Waals surface area (Å²) in [4.78, 5) is 77.6. The number of thiol groups is 1. The molecule has 6 atom stereocenters. The van der Waals surface area contributed by atoms with E-state index in [1.54, 1.807) is 20.8 Å². The molecule has 0 aliphatic heterocycles. The zero-order valence-corrected chi connectivity index (χ0v) is 29.6. The molecule has 20 heteroatoms. The number of nitrogens with one attached hydrogen (secondary N) is 7. The summed E-state index contributed by atoms with van der Waals surface area (Å²) < 4.78 is 0. The zero-order chi connectivity index (χ0) is 37.7. The third-order valence-corrected chi connectivity index (χ3v) is 7.68. The Kier molecular flexibility index (Phi) is 21.8. The summed E-state index contributed by atoms with van der Waals surface area (Å²) in [6.45, 7) is 5.58. The van der Waals surface area contributed by atoms with Crippen molar-refractivity contribution in [2.45, 2.75) is 102 Å². The normalized spacial score (nSPS) is 14.9. The predicted octanol–water partition coefficient (Wildman–Crippen LogP) is -4.11. The molecular formula is C29H58N12O7S. The van der Waals surface area contributed by atoms with Gasteiger partial charge >= 0.3 is 5.97 Å². The van der Waals surface area contributed by atoms with E-state index in [1.165, 1.54) is 0 Å². The average molecular weight is 719 g/mol. The summed E-state index contributed by atoms with van der Waals surface area (Å²) >= 11 is 4.19. The van der Waals surface area contributed by atoms with Crippen molar-refractivity contribution < 1.29 is 33.9 Å². The SMILES string of the molecule is CC(C)(C)[C@H](NC(=O)[C@H](CCCNC(=N)N)NC(=O)[C@H](CCN)NC(=O)[C@H](CS)NC(=O)[C@H](CCCCN)NC(=O)[C@@H](N)CCN)C(=O)O. The minimum atomic E-state index is -1.28. The molecule has 5 amide bonds. The van der Waals surface area contributed by atoms with E-state index in [0.717, 1.165) is 0 Å². The van der Waals surface area contributed by atoms with E-state index >= 15 is 0 Å². The van der Waals surface area contributed by atoms with E-state index in [2.05, 4.69) is 44.5 Å². The lowest BCUT2D eigenvalue weighted by Gasteiger charge is -2.30. The summed E-state index contributed by atoms with van der Waals surface area (Å²) in [7, 11) is 0. The molecule has 0 saturated carbocycles. The molecule has 0 aliphatic rings. The molecule has 0 saturated heterocycles. The second kappa shape index (κ2) is 23.6. The van der Waals surface area contributed by atoms with Gasteiger partial charge in [-0.2, -0.15) is 12.6 Å². The van der Waals surface area contributed by atoms with Crippen molar-refractivity contribution in [3.63, 3.8) is 0 Å². The first-order valence-corrected chi connectivity index (χ1v) is 16.9. The van der Waals surface area contributed by atoms with E-state index in [-0.39, 0.29) is 63.5 Å². The number of hydrogen-bond acceptors (Lipinski definition) is 12. The Morgan fingerprint density at radius 1 is 0.673 bits per heavy atom. The number of amides is 5. The van der Waals surface area contributed by atoms with Crippen molar-refractivity contribution in [2.75, 3.05) is 31.9 Å². The fourth-order valence-electron chi connectivity index (χ4n) is 4.49. The molecule has 0 aromatic heterocycles. The highest BCUT2D eigenvalue weighted by Gasteiger charge is 2.36. The van der Waals surface area contributed by atoms with Crippen molar-refractivity contribution in [1.29, 1.82) is 5.41 Å². The molecule has 282 valence electrons. The largest absolute Gasteiger partial charge is 0.480 e. The Morgan fingerprint density at radius 2 is 1.12 bits per heavy atom. The van der Waals surface area contributed by atoms with Gasteiger partial charge in [0.05, 0.1) is 6.04 Å². The molecule has 0 unspecified atom stereocenters. The second-order valence-corrected chi connectivity index (χ2v) is 13.0. The smallest absolute Gasteiger partial charge is 0.326 e. The van der Waals surface area contributed by atoms with Crippen LogP contribution >= 0.6 is 12.6 Å². The highest BCUT2D eigenvalue weighted by atomic mass is 32.1. The van der Waals surface area contributed by atoms with Crippen molar-refractivity contribution in [2.24, 2.45) is 34.1 Å². The first kappa shape index (κ1) is 45.3. The Morgan fingerprint density at radius 3 is 1.57 bits per heavy atom. The number of nitrogens with two attached hydrogens (primary N) is 5. The topological polar surface area (TPSA) is 349 Å². The lowest BCUT2D eigenvalue weighted by Crippen LogP contribution is -2.60.